The second-order valence-corrected chi connectivity index (χ2v) is 2.40. The highest BCUT2D eigenvalue weighted by Gasteiger charge is 2.05. The Morgan fingerprint density at radius 2 is 2.27 bits per heavy atom. The van der Waals surface area contributed by atoms with Gasteiger partial charge in [-0.15, -0.1) is 0 Å². The summed E-state index contributed by atoms with van der Waals surface area (Å²) < 4.78 is 0. The molecule has 11 heavy (non-hydrogen) atoms. The molecule has 1 heterocycles. The minimum atomic E-state index is 0.274. The van der Waals surface area contributed by atoms with Crippen LogP contribution < -0.4 is 5.32 Å². The number of fused-ring (bicyclic) bond motifs is 1. The summed E-state index contributed by atoms with van der Waals surface area (Å²) in [5.41, 5.74) is 1.88. The van der Waals surface area contributed by atoms with Gasteiger partial charge in [-0.25, -0.2) is 4.99 Å². The molecule has 55 valence electrons. The molecule has 1 aliphatic heterocycles. The van der Waals surface area contributed by atoms with Crippen LogP contribution in [0.1, 0.15) is 5.56 Å². The molecule has 0 bridgehead atoms. The van der Waals surface area contributed by atoms with Crippen molar-refractivity contribution >= 4 is 12.0 Å². The largest absolute Gasteiger partial charge is 0.508 e. The van der Waals surface area contributed by atoms with Gasteiger partial charge in [0.15, 0.2) is 0 Å². The Balaban J connectivity index is 2.53. The lowest BCUT2D eigenvalue weighted by atomic mass is 10.1. The highest BCUT2D eigenvalue weighted by Crippen LogP contribution is 2.24. The quantitative estimate of drug-likeness (QED) is 0.588. The summed E-state index contributed by atoms with van der Waals surface area (Å²) in [6.45, 7) is 0.618. The fraction of sp³-hybridized carbons (Fsp3) is 0.125. The number of hydrogen-bond donors (Lipinski definition) is 1. The van der Waals surface area contributed by atoms with Crippen LogP contribution in [0.4, 0.5) is 5.69 Å². The maximum Gasteiger partial charge on any atom is 0.116 e. The fourth-order valence-corrected chi connectivity index (χ4v) is 1.07. The topological polar surface area (TPSA) is 46.7 Å². The van der Waals surface area contributed by atoms with Crippen molar-refractivity contribution in [2.45, 2.75) is 6.54 Å². The van der Waals surface area contributed by atoms with E-state index in [-0.39, 0.29) is 5.75 Å². The number of phenolic OH excluding ortho intramolecular Hbond substituents is 1. The van der Waals surface area contributed by atoms with E-state index < -0.39 is 0 Å². The minimum Gasteiger partial charge on any atom is -0.508 e. The Bertz CT molecular complexity index is 307. The van der Waals surface area contributed by atoms with E-state index >= 15 is 0 Å². The lowest BCUT2D eigenvalue weighted by Gasteiger charge is -2.08. The second-order valence-electron chi connectivity index (χ2n) is 2.40. The molecule has 1 N–H and O–H groups in total. The Hall–Kier alpha value is -1.51. The van der Waals surface area contributed by atoms with Crippen LogP contribution in [-0.2, 0) is 6.54 Å². The molecule has 3 heteroatoms. The van der Waals surface area contributed by atoms with E-state index in [2.05, 4.69) is 10.3 Å². The monoisotopic (exact) mass is 147 g/mol. The predicted octanol–water partition coefficient (Wildman–Crippen LogP) is 1.17. The molecule has 0 unspecified atom stereocenters. The van der Waals surface area contributed by atoms with Gasteiger partial charge in [0.1, 0.15) is 12.1 Å². The molecular weight excluding hydrogens is 140 g/mol. The molecule has 0 atom stereocenters. The van der Waals surface area contributed by atoms with Gasteiger partial charge in [-0.05, 0) is 18.2 Å². The minimum absolute atomic E-state index is 0.274. The zero-order valence-corrected chi connectivity index (χ0v) is 5.86. The summed E-state index contributed by atoms with van der Waals surface area (Å²) in [6.07, 6.45) is 1.54. The highest BCUT2D eigenvalue weighted by molar-refractivity contribution is 5.66. The molecule has 0 fully saturated rings. The number of hydrogen-bond acceptors (Lipinski definition) is 2. The Morgan fingerprint density at radius 1 is 1.36 bits per heavy atom. The van der Waals surface area contributed by atoms with Crippen LogP contribution in [0.2, 0.25) is 0 Å². The maximum atomic E-state index is 9.09. The van der Waals surface area contributed by atoms with Crippen LogP contribution in [-0.4, -0.2) is 11.4 Å². The third-order valence-electron chi connectivity index (χ3n) is 1.60. The normalized spacial score (nSPS) is 13.8. The molecule has 1 aromatic carbocycles. The molecule has 1 aliphatic rings. The van der Waals surface area contributed by atoms with Crippen molar-refractivity contribution in [2.75, 3.05) is 0 Å². The van der Waals surface area contributed by atoms with E-state index in [9.17, 15) is 0 Å². The summed E-state index contributed by atoms with van der Waals surface area (Å²) in [4.78, 5) is 4.03. The molecule has 2 rings (SSSR count). The van der Waals surface area contributed by atoms with Crippen molar-refractivity contribution < 1.29 is 5.11 Å². The van der Waals surface area contributed by atoms with E-state index in [0.717, 1.165) is 11.3 Å². The SMILES string of the molecule is Oc1ccc2c(c1)C[N]C=N2. The molecule has 0 aliphatic carbocycles. The van der Waals surface area contributed by atoms with E-state index in [1.807, 2.05) is 0 Å². The van der Waals surface area contributed by atoms with E-state index in [1.165, 1.54) is 0 Å². The third kappa shape index (κ3) is 1.05. The van der Waals surface area contributed by atoms with Gasteiger partial charge in [-0.1, -0.05) is 0 Å². The van der Waals surface area contributed by atoms with Crippen molar-refractivity contribution in [3.63, 3.8) is 0 Å². The van der Waals surface area contributed by atoms with E-state index in [0.29, 0.717) is 6.54 Å². The summed E-state index contributed by atoms with van der Waals surface area (Å²) >= 11 is 0. The Morgan fingerprint density at radius 3 is 3.18 bits per heavy atom. The van der Waals surface area contributed by atoms with Crippen LogP contribution in [0.3, 0.4) is 0 Å². The Labute approximate surface area is 64.4 Å². The van der Waals surface area contributed by atoms with E-state index in [4.69, 9.17) is 5.11 Å². The molecule has 0 saturated heterocycles. The van der Waals surface area contributed by atoms with Gasteiger partial charge in [-0.3, -0.25) is 5.32 Å². The van der Waals surface area contributed by atoms with Gasteiger partial charge in [-0.2, -0.15) is 0 Å². The second kappa shape index (κ2) is 2.27. The first-order chi connectivity index (χ1) is 5.36. The number of phenols is 1. The summed E-state index contributed by atoms with van der Waals surface area (Å²) in [5.74, 6) is 0.274. The third-order valence-corrected chi connectivity index (χ3v) is 1.60. The standard InChI is InChI=1S/C8H7N2O/c11-7-1-2-8-6(3-7)4-9-5-10-8/h1-3,5,11H,4H2. The van der Waals surface area contributed by atoms with Crippen LogP contribution in [0.25, 0.3) is 0 Å². The summed E-state index contributed by atoms with van der Waals surface area (Å²) in [7, 11) is 0. The maximum absolute atomic E-state index is 9.09. The van der Waals surface area contributed by atoms with E-state index in [1.54, 1.807) is 24.5 Å². The van der Waals surface area contributed by atoms with Crippen LogP contribution in [0.15, 0.2) is 23.2 Å². The molecule has 0 saturated carbocycles. The van der Waals surface area contributed by atoms with Crippen molar-refractivity contribution in [1.29, 1.82) is 0 Å². The lowest BCUT2D eigenvalue weighted by Crippen LogP contribution is -2.05. The zero-order valence-electron chi connectivity index (χ0n) is 5.86. The molecule has 0 spiro atoms. The predicted molar refractivity (Wildman–Crippen MR) is 42.1 cm³/mol. The fourth-order valence-electron chi connectivity index (χ4n) is 1.07. The smallest absolute Gasteiger partial charge is 0.116 e. The molecule has 3 nitrogen and oxygen atoms in total. The van der Waals surface area contributed by atoms with Crippen molar-refractivity contribution in [1.82, 2.24) is 5.32 Å². The molecular formula is C8H7N2O. The van der Waals surface area contributed by atoms with Crippen molar-refractivity contribution in [2.24, 2.45) is 4.99 Å². The number of rotatable bonds is 0. The first kappa shape index (κ1) is 6.22. The number of benzene rings is 1. The van der Waals surface area contributed by atoms with Gasteiger partial charge in [0.25, 0.3) is 0 Å². The van der Waals surface area contributed by atoms with Gasteiger partial charge in [0, 0.05) is 5.56 Å². The van der Waals surface area contributed by atoms with Gasteiger partial charge >= 0.3 is 0 Å². The van der Waals surface area contributed by atoms with Crippen molar-refractivity contribution in [3.8, 4) is 5.75 Å². The molecule has 0 amide bonds. The van der Waals surface area contributed by atoms with Crippen LogP contribution in [0, 0.1) is 0 Å². The number of aliphatic imine (C=N–C) groups is 1. The summed E-state index contributed by atoms with van der Waals surface area (Å²) in [6, 6.07) is 5.10. The highest BCUT2D eigenvalue weighted by atomic mass is 16.3. The molecule has 1 radical (unpaired) electrons. The first-order valence-electron chi connectivity index (χ1n) is 3.37. The van der Waals surface area contributed by atoms with Crippen LogP contribution >= 0.6 is 0 Å². The first-order valence-corrected chi connectivity index (χ1v) is 3.37. The van der Waals surface area contributed by atoms with Gasteiger partial charge < -0.3 is 5.11 Å². The number of aromatic hydroxyl groups is 1. The average Bonchev–Trinajstić information content (AvgIpc) is 2.04. The van der Waals surface area contributed by atoms with Crippen LogP contribution in [0.5, 0.6) is 5.75 Å². The molecule has 1 aromatic rings. The Kier molecular flexibility index (Phi) is 1.28. The molecule has 0 aromatic heterocycles. The van der Waals surface area contributed by atoms with Crippen molar-refractivity contribution in [3.05, 3.63) is 23.8 Å². The van der Waals surface area contributed by atoms with Gasteiger partial charge in [0.2, 0.25) is 0 Å². The lowest BCUT2D eigenvalue weighted by molar-refractivity contribution is 0.474. The summed E-state index contributed by atoms with van der Waals surface area (Å²) in [5, 5.41) is 13.1. The average molecular weight is 147 g/mol. The zero-order chi connectivity index (χ0) is 7.68. The van der Waals surface area contributed by atoms with Gasteiger partial charge in [0.05, 0.1) is 12.2 Å². The number of nitrogens with zero attached hydrogens (tertiary/aromatic N) is 2.